The molecule has 0 aromatic heterocycles. The number of rotatable bonds is 4. The Hall–Kier alpha value is -1.26. The summed E-state index contributed by atoms with van der Waals surface area (Å²) < 4.78 is 4.80. The van der Waals surface area contributed by atoms with Gasteiger partial charge in [-0.15, -0.1) is 0 Å². The number of nitrogens with zero attached hydrogens (tertiary/aromatic N) is 1. The van der Waals surface area contributed by atoms with E-state index in [2.05, 4.69) is 17.3 Å². The molecule has 1 aliphatic heterocycles. The van der Waals surface area contributed by atoms with E-state index in [0.717, 1.165) is 18.8 Å². The first-order valence-electron chi connectivity index (χ1n) is 6.94. The fourth-order valence-corrected chi connectivity index (χ4v) is 2.75. The zero-order valence-corrected chi connectivity index (χ0v) is 12.7. The fourth-order valence-electron chi connectivity index (χ4n) is 2.58. The van der Waals surface area contributed by atoms with Gasteiger partial charge >= 0.3 is 5.97 Å². The lowest BCUT2D eigenvalue weighted by Gasteiger charge is -2.32. The van der Waals surface area contributed by atoms with Crippen molar-refractivity contribution >= 4 is 23.3 Å². The molecule has 2 rings (SSSR count). The summed E-state index contributed by atoms with van der Waals surface area (Å²) in [5.74, 6) is -0.346. The summed E-state index contributed by atoms with van der Waals surface area (Å²) in [7, 11) is 3.53. The summed E-state index contributed by atoms with van der Waals surface area (Å²) in [4.78, 5) is 14.1. The van der Waals surface area contributed by atoms with Crippen LogP contribution in [0, 0.1) is 0 Å². The van der Waals surface area contributed by atoms with Gasteiger partial charge in [-0.3, -0.25) is 0 Å². The number of ether oxygens (including phenoxy) is 1. The van der Waals surface area contributed by atoms with Crippen molar-refractivity contribution in [2.75, 3.05) is 32.6 Å². The molecule has 0 spiro atoms. The summed E-state index contributed by atoms with van der Waals surface area (Å²) in [6.07, 6.45) is 3.70. The van der Waals surface area contributed by atoms with E-state index in [4.69, 9.17) is 16.3 Å². The van der Waals surface area contributed by atoms with Crippen LogP contribution in [0.3, 0.4) is 0 Å². The van der Waals surface area contributed by atoms with E-state index in [9.17, 15) is 4.79 Å². The summed E-state index contributed by atoms with van der Waals surface area (Å²) >= 11 is 6.01. The van der Waals surface area contributed by atoms with Crippen LogP contribution in [0.2, 0.25) is 5.02 Å². The van der Waals surface area contributed by atoms with Crippen molar-refractivity contribution in [2.45, 2.75) is 25.3 Å². The lowest BCUT2D eigenvalue weighted by Crippen LogP contribution is -2.40. The number of anilines is 1. The third kappa shape index (κ3) is 3.64. The second-order valence-electron chi connectivity index (χ2n) is 5.19. The van der Waals surface area contributed by atoms with Gasteiger partial charge in [-0.25, -0.2) is 4.79 Å². The molecular weight excluding hydrogens is 276 g/mol. The number of piperidine rings is 1. The average Bonchev–Trinajstić information content (AvgIpc) is 2.46. The second-order valence-corrected chi connectivity index (χ2v) is 5.63. The largest absolute Gasteiger partial charge is 0.465 e. The Labute approximate surface area is 125 Å². The van der Waals surface area contributed by atoms with Crippen LogP contribution < -0.4 is 5.32 Å². The maximum absolute atomic E-state index is 11.7. The minimum absolute atomic E-state index is 0.346. The van der Waals surface area contributed by atoms with Gasteiger partial charge in [-0.05, 0) is 44.6 Å². The van der Waals surface area contributed by atoms with Crippen LogP contribution in [0.25, 0.3) is 0 Å². The van der Waals surface area contributed by atoms with E-state index in [0.29, 0.717) is 16.6 Å². The average molecular weight is 297 g/mol. The Morgan fingerprint density at radius 3 is 3.00 bits per heavy atom. The van der Waals surface area contributed by atoms with Crippen molar-refractivity contribution in [3.63, 3.8) is 0 Å². The molecule has 1 aromatic carbocycles. The molecule has 20 heavy (non-hydrogen) atoms. The molecule has 0 bridgehead atoms. The highest BCUT2D eigenvalue weighted by molar-refractivity contribution is 6.31. The molecule has 1 saturated heterocycles. The first kappa shape index (κ1) is 15.1. The molecule has 1 aromatic rings. The number of hydrogen-bond donors (Lipinski definition) is 1. The van der Waals surface area contributed by atoms with Crippen molar-refractivity contribution in [3.05, 3.63) is 28.8 Å². The maximum atomic E-state index is 11.7. The molecule has 1 unspecified atom stereocenters. The number of likely N-dealkylation sites (tertiary alicyclic amines) is 1. The molecule has 0 amide bonds. The Balaban J connectivity index is 2.07. The van der Waals surface area contributed by atoms with Crippen molar-refractivity contribution < 1.29 is 9.53 Å². The molecule has 1 heterocycles. The molecule has 1 atom stereocenters. The molecular formula is C15H21ClN2O2. The molecule has 4 nitrogen and oxygen atoms in total. The molecule has 5 heteroatoms. The molecule has 0 aliphatic carbocycles. The predicted molar refractivity (Wildman–Crippen MR) is 81.6 cm³/mol. The number of benzene rings is 1. The van der Waals surface area contributed by atoms with E-state index in [1.807, 2.05) is 0 Å². The lowest BCUT2D eigenvalue weighted by atomic mass is 10.0. The van der Waals surface area contributed by atoms with Crippen LogP contribution in [0.5, 0.6) is 0 Å². The highest BCUT2D eigenvalue weighted by atomic mass is 35.5. The summed E-state index contributed by atoms with van der Waals surface area (Å²) in [6.45, 7) is 1.94. The van der Waals surface area contributed by atoms with Crippen LogP contribution in [-0.2, 0) is 4.74 Å². The van der Waals surface area contributed by atoms with Crippen molar-refractivity contribution in [2.24, 2.45) is 0 Å². The molecule has 0 radical (unpaired) electrons. The Bertz CT molecular complexity index is 479. The SMILES string of the molecule is COC(=O)c1ccc(Cl)cc1NCC1CCCCN1C. The number of nitrogens with one attached hydrogen (secondary N) is 1. The lowest BCUT2D eigenvalue weighted by molar-refractivity contribution is 0.0602. The van der Waals surface area contributed by atoms with E-state index in [1.165, 1.54) is 26.4 Å². The summed E-state index contributed by atoms with van der Waals surface area (Å²) in [6, 6.07) is 5.66. The van der Waals surface area contributed by atoms with Gasteiger partial charge in [0.2, 0.25) is 0 Å². The topological polar surface area (TPSA) is 41.6 Å². The highest BCUT2D eigenvalue weighted by Crippen LogP contribution is 2.23. The summed E-state index contributed by atoms with van der Waals surface area (Å²) in [5.41, 5.74) is 1.26. The van der Waals surface area contributed by atoms with Crippen LogP contribution in [-0.4, -0.2) is 44.2 Å². The van der Waals surface area contributed by atoms with Gasteiger partial charge in [0.15, 0.2) is 0 Å². The second kappa shape index (κ2) is 6.95. The molecule has 0 saturated carbocycles. The van der Waals surface area contributed by atoms with Crippen LogP contribution in [0.15, 0.2) is 18.2 Å². The quantitative estimate of drug-likeness (QED) is 0.867. The van der Waals surface area contributed by atoms with Crippen molar-refractivity contribution in [3.8, 4) is 0 Å². The molecule has 1 N–H and O–H groups in total. The zero-order chi connectivity index (χ0) is 14.5. The number of halogens is 1. The molecule has 1 fully saturated rings. The maximum Gasteiger partial charge on any atom is 0.339 e. The Morgan fingerprint density at radius 1 is 1.50 bits per heavy atom. The Morgan fingerprint density at radius 2 is 2.30 bits per heavy atom. The first-order chi connectivity index (χ1) is 9.61. The molecule has 110 valence electrons. The van der Waals surface area contributed by atoms with Crippen LogP contribution >= 0.6 is 11.6 Å². The fraction of sp³-hybridized carbons (Fsp3) is 0.533. The number of carbonyl (C=O) groups is 1. The van der Waals surface area contributed by atoms with E-state index >= 15 is 0 Å². The minimum Gasteiger partial charge on any atom is -0.465 e. The van der Waals surface area contributed by atoms with Gasteiger partial charge in [0, 0.05) is 17.6 Å². The van der Waals surface area contributed by atoms with Gasteiger partial charge in [0.25, 0.3) is 0 Å². The van der Waals surface area contributed by atoms with Gasteiger partial charge in [0.05, 0.1) is 18.4 Å². The monoisotopic (exact) mass is 296 g/mol. The van der Waals surface area contributed by atoms with E-state index in [-0.39, 0.29) is 5.97 Å². The number of carbonyl (C=O) groups excluding carboxylic acids is 1. The van der Waals surface area contributed by atoms with Gasteiger partial charge in [-0.1, -0.05) is 18.0 Å². The first-order valence-corrected chi connectivity index (χ1v) is 7.31. The third-order valence-electron chi connectivity index (χ3n) is 3.84. The van der Waals surface area contributed by atoms with E-state index < -0.39 is 0 Å². The highest BCUT2D eigenvalue weighted by Gasteiger charge is 2.19. The van der Waals surface area contributed by atoms with Crippen molar-refractivity contribution in [1.82, 2.24) is 4.90 Å². The normalized spacial score (nSPS) is 19.6. The number of likely N-dealkylation sites (N-methyl/N-ethyl adjacent to an activating group) is 1. The standard InChI is InChI=1S/C15H21ClN2O2/c1-18-8-4-3-5-12(18)10-17-14-9-11(16)6-7-13(14)15(19)20-2/h6-7,9,12,17H,3-5,8,10H2,1-2H3. The van der Waals surface area contributed by atoms with Gasteiger partial charge in [0.1, 0.15) is 0 Å². The zero-order valence-electron chi connectivity index (χ0n) is 12.0. The minimum atomic E-state index is -0.346. The van der Waals surface area contributed by atoms with Gasteiger partial charge in [-0.2, -0.15) is 0 Å². The van der Waals surface area contributed by atoms with Crippen molar-refractivity contribution in [1.29, 1.82) is 0 Å². The van der Waals surface area contributed by atoms with Crippen LogP contribution in [0.1, 0.15) is 29.6 Å². The van der Waals surface area contributed by atoms with Crippen LogP contribution in [0.4, 0.5) is 5.69 Å². The third-order valence-corrected chi connectivity index (χ3v) is 4.07. The smallest absolute Gasteiger partial charge is 0.339 e. The Kier molecular flexibility index (Phi) is 5.26. The number of hydrogen-bond acceptors (Lipinski definition) is 4. The van der Waals surface area contributed by atoms with Gasteiger partial charge < -0.3 is 15.0 Å². The number of esters is 1. The molecule has 1 aliphatic rings. The summed E-state index contributed by atoms with van der Waals surface area (Å²) in [5, 5.41) is 3.95. The van der Waals surface area contributed by atoms with E-state index in [1.54, 1.807) is 18.2 Å². The number of methoxy groups -OCH3 is 1. The predicted octanol–water partition coefficient (Wildman–Crippen LogP) is 3.02.